The molecule has 0 aromatic rings. The predicted octanol–water partition coefficient (Wildman–Crippen LogP) is 1.19. The van der Waals surface area contributed by atoms with Gasteiger partial charge in [-0.3, -0.25) is 0 Å². The predicted molar refractivity (Wildman–Crippen MR) is 66.0 cm³/mol. The Balaban J connectivity index is 2.04. The van der Waals surface area contributed by atoms with Gasteiger partial charge in [0.25, 0.3) is 0 Å². The summed E-state index contributed by atoms with van der Waals surface area (Å²) in [5.74, 6) is 0. The highest BCUT2D eigenvalue weighted by Gasteiger charge is 2.16. The van der Waals surface area contributed by atoms with Gasteiger partial charge < -0.3 is 16.0 Å². The molecular formula is C12H27N3. The summed E-state index contributed by atoms with van der Waals surface area (Å²) in [6.45, 7) is 7.77. The summed E-state index contributed by atoms with van der Waals surface area (Å²) in [7, 11) is 2.21. The number of likely N-dealkylation sites (tertiary alicyclic amines) is 1. The summed E-state index contributed by atoms with van der Waals surface area (Å²) < 4.78 is 0. The van der Waals surface area contributed by atoms with E-state index < -0.39 is 0 Å². The van der Waals surface area contributed by atoms with E-state index >= 15 is 0 Å². The van der Waals surface area contributed by atoms with Crippen LogP contribution >= 0.6 is 0 Å². The Morgan fingerprint density at radius 3 is 2.80 bits per heavy atom. The Bertz CT molecular complexity index is 174. The molecule has 1 unspecified atom stereocenters. The average Bonchev–Trinajstić information content (AvgIpc) is 2.11. The first-order valence-corrected chi connectivity index (χ1v) is 6.18. The average molecular weight is 213 g/mol. The summed E-state index contributed by atoms with van der Waals surface area (Å²) in [4.78, 5) is 2.41. The lowest BCUT2D eigenvalue weighted by atomic mass is 10.00. The van der Waals surface area contributed by atoms with Crippen molar-refractivity contribution in [1.29, 1.82) is 0 Å². The molecule has 0 spiro atoms. The molecule has 1 fully saturated rings. The lowest BCUT2D eigenvalue weighted by molar-refractivity contribution is 0.226. The fraction of sp³-hybridized carbons (Fsp3) is 1.00. The first kappa shape index (κ1) is 12.9. The van der Waals surface area contributed by atoms with Crippen molar-refractivity contribution in [2.24, 2.45) is 5.73 Å². The Morgan fingerprint density at radius 2 is 2.20 bits per heavy atom. The largest absolute Gasteiger partial charge is 0.326 e. The first-order valence-electron chi connectivity index (χ1n) is 6.18. The van der Waals surface area contributed by atoms with Gasteiger partial charge in [-0.05, 0) is 59.7 Å². The van der Waals surface area contributed by atoms with Crippen LogP contribution in [0.5, 0.6) is 0 Å². The molecule has 1 saturated heterocycles. The van der Waals surface area contributed by atoms with E-state index in [9.17, 15) is 0 Å². The molecule has 0 aliphatic carbocycles. The second-order valence-corrected chi connectivity index (χ2v) is 5.65. The van der Waals surface area contributed by atoms with E-state index in [-0.39, 0.29) is 5.54 Å². The number of hydrogen-bond acceptors (Lipinski definition) is 3. The Hall–Kier alpha value is -0.120. The number of hydrogen-bond donors (Lipinski definition) is 2. The highest BCUT2D eigenvalue weighted by Crippen LogP contribution is 2.09. The normalized spacial score (nSPS) is 24.4. The van der Waals surface area contributed by atoms with Crippen LogP contribution in [0.25, 0.3) is 0 Å². The molecule has 0 radical (unpaired) electrons. The minimum atomic E-state index is -0.00889. The standard InChI is InChI=1S/C12H27N3/c1-12(2,13)7-5-8-14-11-6-4-9-15(3)10-11/h11,14H,4-10,13H2,1-3H3. The van der Waals surface area contributed by atoms with Crippen LogP contribution < -0.4 is 11.1 Å². The van der Waals surface area contributed by atoms with Gasteiger partial charge in [0.1, 0.15) is 0 Å². The number of nitrogens with one attached hydrogen (secondary N) is 1. The Labute approximate surface area is 94.4 Å². The van der Waals surface area contributed by atoms with Crippen molar-refractivity contribution in [3.63, 3.8) is 0 Å². The van der Waals surface area contributed by atoms with Crippen molar-refractivity contribution in [2.75, 3.05) is 26.7 Å². The molecular weight excluding hydrogens is 186 g/mol. The quantitative estimate of drug-likeness (QED) is 0.674. The molecule has 90 valence electrons. The van der Waals surface area contributed by atoms with Gasteiger partial charge in [0.15, 0.2) is 0 Å². The second kappa shape index (κ2) is 5.83. The molecule has 0 aromatic heterocycles. The molecule has 15 heavy (non-hydrogen) atoms. The third kappa shape index (κ3) is 6.13. The second-order valence-electron chi connectivity index (χ2n) is 5.65. The summed E-state index contributed by atoms with van der Waals surface area (Å²) in [5, 5.41) is 3.63. The number of rotatable bonds is 5. The van der Waals surface area contributed by atoms with Gasteiger partial charge in [-0.25, -0.2) is 0 Å². The molecule has 3 heteroatoms. The van der Waals surface area contributed by atoms with Crippen molar-refractivity contribution in [2.45, 2.75) is 51.1 Å². The highest BCUT2D eigenvalue weighted by atomic mass is 15.1. The molecule has 0 bridgehead atoms. The summed E-state index contributed by atoms with van der Waals surface area (Å²) in [6.07, 6.45) is 4.94. The maximum Gasteiger partial charge on any atom is 0.0195 e. The first-order chi connectivity index (χ1) is 6.97. The van der Waals surface area contributed by atoms with Crippen molar-refractivity contribution in [1.82, 2.24) is 10.2 Å². The molecule has 1 rings (SSSR count). The fourth-order valence-electron chi connectivity index (χ4n) is 2.18. The highest BCUT2D eigenvalue weighted by molar-refractivity contribution is 4.77. The van der Waals surface area contributed by atoms with Gasteiger partial charge in [0.2, 0.25) is 0 Å². The van der Waals surface area contributed by atoms with Crippen LogP contribution in [0.3, 0.4) is 0 Å². The third-order valence-corrected chi connectivity index (χ3v) is 3.06. The summed E-state index contributed by atoms with van der Waals surface area (Å²) >= 11 is 0. The van der Waals surface area contributed by atoms with Gasteiger partial charge in [-0.2, -0.15) is 0 Å². The van der Waals surface area contributed by atoms with E-state index in [4.69, 9.17) is 5.73 Å². The van der Waals surface area contributed by atoms with Crippen LogP contribution in [-0.2, 0) is 0 Å². The zero-order chi connectivity index (χ0) is 11.3. The molecule has 3 N–H and O–H groups in total. The van der Waals surface area contributed by atoms with Crippen molar-refractivity contribution in [3.05, 3.63) is 0 Å². The van der Waals surface area contributed by atoms with Crippen LogP contribution in [0.2, 0.25) is 0 Å². The van der Waals surface area contributed by atoms with Crippen LogP contribution in [0.1, 0.15) is 39.5 Å². The van der Waals surface area contributed by atoms with Crippen LogP contribution in [-0.4, -0.2) is 43.2 Å². The molecule has 1 atom stereocenters. The molecule has 1 aliphatic rings. The number of piperidine rings is 1. The van der Waals surface area contributed by atoms with Crippen LogP contribution in [0.4, 0.5) is 0 Å². The zero-order valence-corrected chi connectivity index (χ0v) is 10.6. The van der Waals surface area contributed by atoms with E-state index in [1.54, 1.807) is 0 Å². The van der Waals surface area contributed by atoms with Crippen LogP contribution in [0.15, 0.2) is 0 Å². The fourth-order valence-corrected chi connectivity index (χ4v) is 2.18. The topological polar surface area (TPSA) is 41.3 Å². The van der Waals surface area contributed by atoms with Gasteiger partial charge in [0.05, 0.1) is 0 Å². The number of likely N-dealkylation sites (N-methyl/N-ethyl adjacent to an activating group) is 1. The minimum absolute atomic E-state index is 0.00889. The smallest absolute Gasteiger partial charge is 0.0195 e. The Kier molecular flexibility index (Phi) is 5.03. The van der Waals surface area contributed by atoms with Gasteiger partial charge in [0, 0.05) is 18.1 Å². The van der Waals surface area contributed by atoms with Gasteiger partial charge in [-0.15, -0.1) is 0 Å². The van der Waals surface area contributed by atoms with Crippen molar-refractivity contribution < 1.29 is 0 Å². The number of nitrogens with two attached hydrogens (primary N) is 1. The maximum atomic E-state index is 5.94. The molecule has 3 nitrogen and oxygen atoms in total. The molecule has 1 aliphatic heterocycles. The molecule has 0 amide bonds. The summed E-state index contributed by atoms with van der Waals surface area (Å²) in [6, 6.07) is 0.699. The lowest BCUT2D eigenvalue weighted by Gasteiger charge is -2.30. The minimum Gasteiger partial charge on any atom is -0.326 e. The number of nitrogens with zero attached hydrogens (tertiary/aromatic N) is 1. The van der Waals surface area contributed by atoms with Crippen LogP contribution in [0, 0.1) is 0 Å². The third-order valence-electron chi connectivity index (χ3n) is 3.06. The molecule has 0 saturated carbocycles. The van der Waals surface area contributed by atoms with Crippen molar-refractivity contribution >= 4 is 0 Å². The molecule has 1 heterocycles. The van der Waals surface area contributed by atoms with Gasteiger partial charge >= 0.3 is 0 Å². The summed E-state index contributed by atoms with van der Waals surface area (Å²) in [5.41, 5.74) is 5.93. The zero-order valence-electron chi connectivity index (χ0n) is 10.6. The SMILES string of the molecule is CN1CCCC(NCCCC(C)(C)N)C1. The van der Waals surface area contributed by atoms with E-state index in [1.807, 2.05) is 0 Å². The Morgan fingerprint density at radius 1 is 1.47 bits per heavy atom. The molecule has 0 aromatic carbocycles. The van der Waals surface area contributed by atoms with E-state index in [0.29, 0.717) is 6.04 Å². The van der Waals surface area contributed by atoms with E-state index in [0.717, 1.165) is 13.0 Å². The van der Waals surface area contributed by atoms with E-state index in [2.05, 4.69) is 31.1 Å². The lowest BCUT2D eigenvalue weighted by Crippen LogP contribution is -2.44. The maximum absolute atomic E-state index is 5.94. The van der Waals surface area contributed by atoms with E-state index in [1.165, 1.54) is 32.4 Å². The van der Waals surface area contributed by atoms with Crippen molar-refractivity contribution in [3.8, 4) is 0 Å². The van der Waals surface area contributed by atoms with Gasteiger partial charge in [-0.1, -0.05) is 0 Å². The monoisotopic (exact) mass is 213 g/mol.